The molecule has 12 nitrogen and oxygen atoms in total. The summed E-state index contributed by atoms with van der Waals surface area (Å²) in [5, 5.41) is 22.4. The van der Waals surface area contributed by atoms with Crippen LogP contribution in [0.3, 0.4) is 0 Å². The third kappa shape index (κ3) is 5.83. The number of anilines is 1. The summed E-state index contributed by atoms with van der Waals surface area (Å²) in [5.74, 6) is 1.75. The van der Waals surface area contributed by atoms with E-state index < -0.39 is 0 Å². The first-order valence-electron chi connectivity index (χ1n) is 16.4. The van der Waals surface area contributed by atoms with Crippen molar-refractivity contribution in [2.24, 2.45) is 14.1 Å². The van der Waals surface area contributed by atoms with E-state index in [2.05, 4.69) is 47.0 Å². The molecular weight excluding hydrogens is 616 g/mol. The summed E-state index contributed by atoms with van der Waals surface area (Å²) < 4.78 is 11.3. The molecule has 4 aromatic heterocycles. The normalized spacial score (nSPS) is 15.4. The summed E-state index contributed by atoms with van der Waals surface area (Å²) in [4.78, 5) is 24.2. The highest BCUT2D eigenvalue weighted by molar-refractivity contribution is 6.19. The van der Waals surface area contributed by atoms with Crippen molar-refractivity contribution in [1.29, 1.82) is 5.41 Å². The van der Waals surface area contributed by atoms with Crippen molar-refractivity contribution >= 4 is 33.9 Å². The van der Waals surface area contributed by atoms with Gasteiger partial charge in [0.05, 0.1) is 36.1 Å². The summed E-state index contributed by atoms with van der Waals surface area (Å²) >= 11 is 0. The molecule has 0 aliphatic heterocycles. The number of carbonyl (C=O) groups is 1. The Labute approximate surface area is 284 Å². The van der Waals surface area contributed by atoms with Crippen molar-refractivity contribution in [2.75, 3.05) is 26.5 Å². The molecule has 0 unspecified atom stereocenters. The highest BCUT2D eigenvalue weighted by atomic mass is 16.5. The van der Waals surface area contributed by atoms with Crippen molar-refractivity contribution in [1.82, 2.24) is 39.0 Å². The zero-order chi connectivity index (χ0) is 34.6. The second-order valence-corrected chi connectivity index (χ2v) is 13.1. The van der Waals surface area contributed by atoms with E-state index in [-0.39, 0.29) is 11.8 Å². The molecule has 1 amide bonds. The van der Waals surface area contributed by atoms with E-state index in [1.807, 2.05) is 49.9 Å². The van der Waals surface area contributed by atoms with Gasteiger partial charge in [0.15, 0.2) is 5.65 Å². The summed E-state index contributed by atoms with van der Waals surface area (Å²) in [6.45, 7) is 4.29. The van der Waals surface area contributed by atoms with Crippen LogP contribution >= 0.6 is 0 Å². The van der Waals surface area contributed by atoms with Gasteiger partial charge in [-0.25, -0.2) is 14.6 Å². The molecule has 2 N–H and O–H groups in total. The molecule has 7 rings (SSSR count). The van der Waals surface area contributed by atoms with Crippen LogP contribution in [0.25, 0.3) is 33.7 Å². The number of hydrogen-bond donors (Lipinski definition) is 2. The van der Waals surface area contributed by atoms with Gasteiger partial charge in [-0.2, -0.15) is 5.10 Å². The van der Waals surface area contributed by atoms with Crippen molar-refractivity contribution in [2.45, 2.75) is 38.5 Å². The smallest absolute Gasteiger partial charge is 0.257 e. The molecule has 2 aliphatic carbocycles. The van der Waals surface area contributed by atoms with Gasteiger partial charge in [-0.05, 0) is 55.2 Å². The number of benzene rings is 1. The van der Waals surface area contributed by atoms with Crippen LogP contribution in [-0.2, 0) is 14.1 Å². The van der Waals surface area contributed by atoms with Crippen LogP contribution < -0.4 is 10.1 Å². The number of carbonyl (C=O) groups excluding carboxylic acids is 1. The number of nitrogens with zero attached hydrogens (tertiary/aromatic N) is 8. The van der Waals surface area contributed by atoms with Crippen molar-refractivity contribution in [3.63, 3.8) is 0 Å². The molecule has 0 spiro atoms. The Morgan fingerprint density at radius 2 is 1.86 bits per heavy atom. The van der Waals surface area contributed by atoms with Gasteiger partial charge < -0.3 is 24.9 Å². The summed E-state index contributed by atoms with van der Waals surface area (Å²) in [6.07, 6.45) is 13.6. The number of rotatable bonds is 9. The van der Waals surface area contributed by atoms with Gasteiger partial charge in [0.1, 0.15) is 11.5 Å². The number of ether oxygens (including phenoxy) is 1. The van der Waals surface area contributed by atoms with Crippen LogP contribution in [0.2, 0.25) is 0 Å². The highest BCUT2D eigenvalue weighted by Gasteiger charge is 2.34. The Hall–Kier alpha value is -5.78. The van der Waals surface area contributed by atoms with E-state index >= 15 is 0 Å². The highest BCUT2D eigenvalue weighted by Crippen LogP contribution is 2.46. The lowest BCUT2D eigenvalue weighted by molar-refractivity contribution is 0.0827. The summed E-state index contributed by atoms with van der Waals surface area (Å²) in [6, 6.07) is 9.40. The van der Waals surface area contributed by atoms with Crippen LogP contribution in [0.1, 0.15) is 66.0 Å². The monoisotopic (exact) mass is 656 g/mol. The van der Waals surface area contributed by atoms with Crippen molar-refractivity contribution in [3.8, 4) is 23.0 Å². The van der Waals surface area contributed by atoms with Crippen LogP contribution in [0, 0.1) is 5.41 Å². The lowest BCUT2D eigenvalue weighted by Gasteiger charge is -2.15. The molecule has 0 bridgehead atoms. The molecule has 0 saturated heterocycles. The first-order chi connectivity index (χ1) is 23.5. The van der Waals surface area contributed by atoms with Gasteiger partial charge in [-0.15, -0.1) is 5.10 Å². The molecule has 2 aliphatic rings. The number of pyridine rings is 1. The Bertz CT molecular complexity index is 2200. The predicted octanol–water partition coefficient (Wildman–Crippen LogP) is 6.23. The van der Waals surface area contributed by atoms with Crippen molar-refractivity contribution in [3.05, 3.63) is 95.4 Å². The zero-order valence-corrected chi connectivity index (χ0v) is 28.8. The molecule has 0 radical (unpaired) electrons. The van der Waals surface area contributed by atoms with Gasteiger partial charge in [-0.3, -0.25) is 9.48 Å². The summed E-state index contributed by atoms with van der Waals surface area (Å²) in [5.41, 5.74) is 8.67. The molecule has 5 aromatic rings. The van der Waals surface area contributed by atoms with E-state index in [1.54, 1.807) is 53.7 Å². The van der Waals surface area contributed by atoms with E-state index in [4.69, 9.17) is 20.1 Å². The largest absolute Gasteiger partial charge is 0.478 e. The lowest BCUT2D eigenvalue weighted by Crippen LogP contribution is -2.21. The molecule has 1 saturated carbocycles. The number of imidazole rings is 1. The van der Waals surface area contributed by atoms with Crippen LogP contribution in [0.15, 0.2) is 72.7 Å². The van der Waals surface area contributed by atoms with Gasteiger partial charge in [0.2, 0.25) is 0 Å². The number of aromatic nitrogens is 7. The zero-order valence-electron chi connectivity index (χ0n) is 28.8. The molecule has 1 aromatic carbocycles. The molecular formula is C37H40N10O2. The van der Waals surface area contributed by atoms with Gasteiger partial charge >= 0.3 is 0 Å². The first-order valence-corrected chi connectivity index (χ1v) is 16.4. The number of nitrogens with one attached hydrogen (secondary N) is 2. The number of amides is 1. The van der Waals surface area contributed by atoms with Crippen LogP contribution in [0.4, 0.5) is 5.69 Å². The third-order valence-corrected chi connectivity index (χ3v) is 8.92. The average Bonchev–Trinajstić information content (AvgIpc) is 3.58. The maximum atomic E-state index is 12.4. The van der Waals surface area contributed by atoms with Crippen LogP contribution in [-0.4, -0.2) is 71.8 Å². The number of fused-ring (bicyclic) bond motifs is 1. The first kappa shape index (κ1) is 31.8. The fourth-order valence-electron chi connectivity index (χ4n) is 6.31. The molecule has 250 valence electrons. The minimum atomic E-state index is -0.0668. The van der Waals surface area contributed by atoms with E-state index in [0.717, 1.165) is 63.6 Å². The van der Waals surface area contributed by atoms with E-state index in [9.17, 15) is 4.79 Å². The minimum Gasteiger partial charge on any atom is -0.478 e. The maximum absolute atomic E-state index is 12.4. The Balaban J connectivity index is 1.26. The SMILES string of the molecule is COc1nn(-c2ccc(C(=O)N(C)C)cc2)cc1N/C=C1\C(=N)C=CC=C1c1nc(-c2cc3cn(C)nc3nc2C(C)C)n(C)c1C1CC1. The molecule has 12 heteroatoms. The van der Waals surface area contributed by atoms with Gasteiger partial charge in [-0.1, -0.05) is 26.0 Å². The number of aryl methyl sites for hydroxylation is 1. The van der Waals surface area contributed by atoms with Gasteiger partial charge in [0, 0.05) is 79.9 Å². The number of allylic oxidation sites excluding steroid dienone is 5. The molecule has 49 heavy (non-hydrogen) atoms. The topological polar surface area (TPSA) is 132 Å². The van der Waals surface area contributed by atoms with Gasteiger partial charge in [0.25, 0.3) is 11.8 Å². The standard InChI is InChI=1S/C37H40N10O2/c1-21(2)31-27(17-24-19-45(5)42-34(24)40-31)35-41-32(33(46(35)6)22-11-12-22)26-9-8-10-29(38)28(26)18-39-30-20-47(43-36(30)49-7)25-15-13-23(14-16-25)37(48)44(3)4/h8-10,13-22,38-39H,11-12H2,1-7H3/b28-18-,38-29?. The van der Waals surface area contributed by atoms with Crippen LogP contribution in [0.5, 0.6) is 5.88 Å². The molecule has 4 heterocycles. The molecule has 0 atom stereocenters. The Kier molecular flexibility index (Phi) is 8.01. The lowest BCUT2D eigenvalue weighted by atomic mass is 9.93. The number of hydrogen-bond acceptors (Lipinski definition) is 8. The maximum Gasteiger partial charge on any atom is 0.257 e. The van der Waals surface area contributed by atoms with Crippen molar-refractivity contribution < 1.29 is 9.53 Å². The fourth-order valence-corrected chi connectivity index (χ4v) is 6.31. The Morgan fingerprint density at radius 3 is 2.53 bits per heavy atom. The fraction of sp³-hybridized carbons (Fsp3) is 0.297. The quantitative estimate of drug-likeness (QED) is 0.192. The minimum absolute atomic E-state index is 0.0668. The summed E-state index contributed by atoms with van der Waals surface area (Å²) in [7, 11) is 9.03. The van der Waals surface area contributed by atoms with E-state index in [0.29, 0.717) is 34.3 Å². The third-order valence-electron chi connectivity index (χ3n) is 8.92. The number of methoxy groups -OCH3 is 1. The predicted molar refractivity (Wildman–Crippen MR) is 191 cm³/mol. The second kappa shape index (κ2) is 12.3. The molecule has 1 fully saturated rings. The Morgan fingerprint density at radius 1 is 1.10 bits per heavy atom. The second-order valence-electron chi connectivity index (χ2n) is 13.1. The average molecular weight is 657 g/mol. The van der Waals surface area contributed by atoms with E-state index in [1.165, 1.54) is 0 Å².